The number of aryl methyl sites for hydroxylation is 2. The van der Waals surface area contributed by atoms with Crippen molar-refractivity contribution in [3.8, 4) is 0 Å². The fraction of sp³-hybridized carbons (Fsp3) is 0.280. The molecular formula is C25H29N5O2S. The molecule has 0 aliphatic carbocycles. The van der Waals surface area contributed by atoms with Crippen molar-refractivity contribution in [3.05, 3.63) is 83.7 Å². The summed E-state index contributed by atoms with van der Waals surface area (Å²) >= 11 is 1.29. The smallest absolute Gasteiger partial charge is 0.252 e. The van der Waals surface area contributed by atoms with Gasteiger partial charge < -0.3 is 15.2 Å². The van der Waals surface area contributed by atoms with Crippen LogP contribution in [0.2, 0.25) is 0 Å². The van der Waals surface area contributed by atoms with E-state index in [-0.39, 0.29) is 23.6 Å². The number of thioether (sulfide) groups is 1. The van der Waals surface area contributed by atoms with Crippen LogP contribution in [0.15, 0.2) is 66.3 Å². The zero-order valence-electron chi connectivity index (χ0n) is 19.2. The zero-order chi connectivity index (χ0) is 23.8. The Morgan fingerprint density at radius 2 is 1.88 bits per heavy atom. The summed E-state index contributed by atoms with van der Waals surface area (Å²) in [4.78, 5) is 25.1. The number of amides is 2. The molecule has 33 heavy (non-hydrogen) atoms. The average Bonchev–Trinajstić information content (AvgIpc) is 3.21. The van der Waals surface area contributed by atoms with E-state index < -0.39 is 0 Å². The Morgan fingerprint density at radius 3 is 2.55 bits per heavy atom. The molecule has 7 nitrogen and oxygen atoms in total. The van der Waals surface area contributed by atoms with E-state index in [4.69, 9.17) is 0 Å². The summed E-state index contributed by atoms with van der Waals surface area (Å²) in [5.74, 6) is 0.501. The van der Waals surface area contributed by atoms with Crippen LogP contribution in [0.4, 0.5) is 5.69 Å². The quantitative estimate of drug-likeness (QED) is 0.340. The van der Waals surface area contributed by atoms with Gasteiger partial charge in [-0.3, -0.25) is 9.59 Å². The van der Waals surface area contributed by atoms with E-state index >= 15 is 0 Å². The molecule has 2 aromatic carbocycles. The third-order valence-corrected chi connectivity index (χ3v) is 6.13. The number of rotatable bonds is 10. The molecule has 0 fully saturated rings. The molecule has 0 radical (unpaired) electrons. The van der Waals surface area contributed by atoms with Crippen LogP contribution in [-0.2, 0) is 17.8 Å². The van der Waals surface area contributed by atoms with Crippen LogP contribution in [0, 0.1) is 6.92 Å². The van der Waals surface area contributed by atoms with E-state index in [1.807, 2.05) is 60.9 Å². The fourth-order valence-electron chi connectivity index (χ4n) is 3.35. The van der Waals surface area contributed by atoms with Gasteiger partial charge in [0.2, 0.25) is 5.91 Å². The summed E-state index contributed by atoms with van der Waals surface area (Å²) < 4.78 is 1.86. The summed E-state index contributed by atoms with van der Waals surface area (Å²) in [5.41, 5.74) is 3.51. The first-order valence-electron chi connectivity index (χ1n) is 10.8. The molecule has 2 amide bonds. The number of allylic oxidation sites excluding steroid dienone is 1. The van der Waals surface area contributed by atoms with Crippen molar-refractivity contribution < 1.29 is 9.59 Å². The highest BCUT2D eigenvalue weighted by atomic mass is 32.2. The van der Waals surface area contributed by atoms with Gasteiger partial charge in [0.05, 0.1) is 11.8 Å². The van der Waals surface area contributed by atoms with Gasteiger partial charge in [-0.1, -0.05) is 55.1 Å². The first-order chi connectivity index (χ1) is 15.9. The molecule has 0 aliphatic rings. The van der Waals surface area contributed by atoms with Gasteiger partial charge in [-0.2, -0.15) is 0 Å². The number of benzene rings is 2. The first kappa shape index (κ1) is 24.3. The van der Waals surface area contributed by atoms with Gasteiger partial charge in [0.15, 0.2) is 11.0 Å². The molecule has 0 bridgehead atoms. The summed E-state index contributed by atoms with van der Waals surface area (Å²) in [6.45, 7) is 10.1. The molecule has 1 atom stereocenters. The molecule has 1 unspecified atom stereocenters. The zero-order valence-corrected chi connectivity index (χ0v) is 20.0. The normalized spacial score (nSPS) is 11.6. The van der Waals surface area contributed by atoms with Crippen molar-refractivity contribution in [3.63, 3.8) is 0 Å². The number of carbonyl (C=O) groups excluding carboxylic acids is 2. The van der Waals surface area contributed by atoms with Gasteiger partial charge in [0.25, 0.3) is 5.91 Å². The first-order valence-corrected chi connectivity index (χ1v) is 11.8. The second-order valence-corrected chi connectivity index (χ2v) is 8.58. The molecule has 8 heteroatoms. The largest absolute Gasteiger partial charge is 0.342 e. The number of anilines is 1. The molecule has 0 spiro atoms. The summed E-state index contributed by atoms with van der Waals surface area (Å²) in [6.07, 6.45) is 2.69. The van der Waals surface area contributed by atoms with Gasteiger partial charge in [-0.15, -0.1) is 16.8 Å². The second-order valence-electron chi connectivity index (χ2n) is 7.64. The van der Waals surface area contributed by atoms with Gasteiger partial charge in [0, 0.05) is 17.8 Å². The maximum absolute atomic E-state index is 12.7. The Morgan fingerprint density at radius 1 is 1.15 bits per heavy atom. The Hall–Kier alpha value is -3.39. The van der Waals surface area contributed by atoms with Crippen molar-refractivity contribution in [1.29, 1.82) is 0 Å². The lowest BCUT2D eigenvalue weighted by molar-refractivity contribution is -0.113. The monoisotopic (exact) mass is 463 g/mol. The Kier molecular flexibility index (Phi) is 8.43. The molecule has 0 saturated carbocycles. The third-order valence-electron chi connectivity index (χ3n) is 5.16. The van der Waals surface area contributed by atoms with E-state index in [1.54, 1.807) is 12.1 Å². The Balaban J connectivity index is 1.65. The number of aromatic nitrogens is 3. The van der Waals surface area contributed by atoms with E-state index in [2.05, 4.69) is 34.3 Å². The summed E-state index contributed by atoms with van der Waals surface area (Å²) in [7, 11) is 0. The van der Waals surface area contributed by atoms with Gasteiger partial charge in [-0.25, -0.2) is 0 Å². The Bertz CT molecular complexity index is 1120. The fourth-order valence-corrected chi connectivity index (χ4v) is 4.10. The molecular weight excluding hydrogens is 434 g/mol. The molecule has 3 rings (SSSR count). The summed E-state index contributed by atoms with van der Waals surface area (Å²) in [6, 6.07) is 14.9. The molecule has 2 N–H and O–H groups in total. The highest BCUT2D eigenvalue weighted by molar-refractivity contribution is 7.99. The predicted octanol–water partition coefficient (Wildman–Crippen LogP) is 4.56. The number of carbonyl (C=O) groups is 2. The van der Waals surface area contributed by atoms with E-state index in [1.165, 1.54) is 17.3 Å². The molecule has 172 valence electrons. The van der Waals surface area contributed by atoms with Crippen molar-refractivity contribution in [2.24, 2.45) is 0 Å². The minimum Gasteiger partial charge on any atom is -0.342 e. The van der Waals surface area contributed by atoms with Crippen molar-refractivity contribution in [1.82, 2.24) is 20.1 Å². The standard InChI is InChI=1S/C25H29N5O2S/c1-5-15-30-23(18(4)26-24(32)21-10-8-7-9-17(21)3)28-29-25(30)33-16-22(31)27-20-13-11-19(6-2)12-14-20/h5,7-14,18H,1,6,15-16H2,2-4H3,(H,26,32)(H,27,31). The maximum Gasteiger partial charge on any atom is 0.252 e. The lowest BCUT2D eigenvalue weighted by Gasteiger charge is -2.16. The molecule has 1 heterocycles. The van der Waals surface area contributed by atoms with Crippen LogP contribution in [0.5, 0.6) is 0 Å². The van der Waals surface area contributed by atoms with Gasteiger partial charge in [-0.05, 0) is 49.6 Å². The second kappa shape index (κ2) is 11.5. The minimum atomic E-state index is -0.371. The van der Waals surface area contributed by atoms with E-state index in [0.29, 0.717) is 23.1 Å². The van der Waals surface area contributed by atoms with Crippen molar-refractivity contribution in [2.45, 2.75) is 44.9 Å². The van der Waals surface area contributed by atoms with Crippen molar-refractivity contribution >= 4 is 29.3 Å². The lowest BCUT2D eigenvalue weighted by Crippen LogP contribution is -2.29. The Labute approximate surface area is 198 Å². The van der Waals surface area contributed by atoms with Crippen LogP contribution in [0.1, 0.15) is 47.2 Å². The lowest BCUT2D eigenvalue weighted by atomic mass is 10.1. The average molecular weight is 464 g/mol. The third kappa shape index (κ3) is 6.32. The molecule has 1 aromatic heterocycles. The predicted molar refractivity (Wildman–Crippen MR) is 132 cm³/mol. The van der Waals surface area contributed by atoms with E-state index in [9.17, 15) is 9.59 Å². The van der Waals surface area contributed by atoms with Crippen LogP contribution in [0.25, 0.3) is 0 Å². The molecule has 3 aromatic rings. The van der Waals surface area contributed by atoms with Crippen LogP contribution in [-0.4, -0.2) is 32.3 Å². The van der Waals surface area contributed by atoms with Crippen molar-refractivity contribution in [2.75, 3.05) is 11.1 Å². The highest BCUT2D eigenvalue weighted by Gasteiger charge is 2.21. The highest BCUT2D eigenvalue weighted by Crippen LogP contribution is 2.22. The SMILES string of the molecule is C=CCn1c(SCC(=O)Nc2ccc(CC)cc2)nnc1C(C)NC(=O)c1ccccc1C. The maximum atomic E-state index is 12.7. The van der Waals surface area contributed by atoms with Crippen LogP contribution < -0.4 is 10.6 Å². The van der Waals surface area contributed by atoms with E-state index in [0.717, 1.165) is 17.7 Å². The molecule has 0 aliphatic heterocycles. The van der Waals surface area contributed by atoms with Crippen LogP contribution >= 0.6 is 11.8 Å². The molecule has 0 saturated heterocycles. The van der Waals surface area contributed by atoms with Gasteiger partial charge in [0.1, 0.15) is 0 Å². The number of nitrogens with one attached hydrogen (secondary N) is 2. The number of nitrogens with zero attached hydrogens (tertiary/aromatic N) is 3. The van der Waals surface area contributed by atoms with Gasteiger partial charge >= 0.3 is 0 Å². The number of hydrogen-bond donors (Lipinski definition) is 2. The van der Waals surface area contributed by atoms with Crippen LogP contribution in [0.3, 0.4) is 0 Å². The number of hydrogen-bond acceptors (Lipinski definition) is 5. The summed E-state index contributed by atoms with van der Waals surface area (Å²) in [5, 5.41) is 15.0. The topological polar surface area (TPSA) is 88.9 Å². The minimum absolute atomic E-state index is 0.125.